The molecule has 0 aliphatic carbocycles. The van der Waals surface area contributed by atoms with Crippen molar-refractivity contribution in [2.24, 2.45) is 0 Å². The molecule has 90 valence electrons. The number of aliphatic hydroxyl groups excluding tert-OH is 1. The van der Waals surface area contributed by atoms with Crippen LogP contribution < -0.4 is 0 Å². The maximum atomic E-state index is 8.73. The SMILES string of the molecule is OCC#Cc1ccccc1CSc1ccncn1. The quantitative estimate of drug-likeness (QED) is 0.519. The summed E-state index contributed by atoms with van der Waals surface area (Å²) < 4.78 is 0. The van der Waals surface area contributed by atoms with Gasteiger partial charge < -0.3 is 5.11 Å². The largest absolute Gasteiger partial charge is 0.384 e. The molecule has 2 rings (SSSR count). The number of aliphatic hydroxyl groups is 1. The average Bonchev–Trinajstić information content (AvgIpc) is 2.45. The second-order valence-electron chi connectivity index (χ2n) is 3.45. The van der Waals surface area contributed by atoms with Gasteiger partial charge in [-0.05, 0) is 17.7 Å². The summed E-state index contributed by atoms with van der Waals surface area (Å²) in [6.45, 7) is -0.118. The van der Waals surface area contributed by atoms with E-state index in [0.717, 1.165) is 21.9 Å². The van der Waals surface area contributed by atoms with Crippen molar-refractivity contribution in [2.75, 3.05) is 6.61 Å². The third-order valence-corrected chi connectivity index (χ3v) is 3.24. The molecule has 0 bridgehead atoms. The Morgan fingerprint density at radius 3 is 2.89 bits per heavy atom. The van der Waals surface area contributed by atoms with Crippen molar-refractivity contribution in [3.63, 3.8) is 0 Å². The van der Waals surface area contributed by atoms with Crippen molar-refractivity contribution in [2.45, 2.75) is 10.8 Å². The van der Waals surface area contributed by atoms with Crippen molar-refractivity contribution in [3.05, 3.63) is 54.0 Å². The molecule has 0 spiro atoms. The molecule has 1 aromatic carbocycles. The van der Waals surface area contributed by atoms with E-state index < -0.39 is 0 Å². The standard InChI is InChI=1S/C14H12N2OS/c17-9-3-6-12-4-1-2-5-13(12)10-18-14-7-8-15-11-16-14/h1-2,4-5,7-8,11,17H,9-10H2. The lowest BCUT2D eigenvalue weighted by molar-refractivity contribution is 0.350. The van der Waals surface area contributed by atoms with Gasteiger partial charge in [0.05, 0.1) is 5.03 Å². The molecule has 1 aromatic heterocycles. The van der Waals surface area contributed by atoms with Crippen molar-refractivity contribution in [1.29, 1.82) is 0 Å². The molecule has 1 heterocycles. The molecule has 4 heteroatoms. The van der Waals surface area contributed by atoms with E-state index in [1.54, 1.807) is 24.3 Å². The van der Waals surface area contributed by atoms with Crippen molar-refractivity contribution in [1.82, 2.24) is 9.97 Å². The number of nitrogens with zero attached hydrogens (tertiary/aromatic N) is 2. The summed E-state index contributed by atoms with van der Waals surface area (Å²) in [7, 11) is 0. The third-order valence-electron chi connectivity index (χ3n) is 2.25. The Morgan fingerprint density at radius 1 is 1.22 bits per heavy atom. The van der Waals surface area contributed by atoms with Gasteiger partial charge in [-0.15, -0.1) is 11.8 Å². The fourth-order valence-electron chi connectivity index (χ4n) is 1.42. The van der Waals surface area contributed by atoms with E-state index in [2.05, 4.69) is 21.8 Å². The van der Waals surface area contributed by atoms with Crippen LogP contribution in [0.2, 0.25) is 0 Å². The highest BCUT2D eigenvalue weighted by atomic mass is 32.2. The number of aromatic nitrogens is 2. The van der Waals surface area contributed by atoms with Gasteiger partial charge in [-0.25, -0.2) is 9.97 Å². The molecular weight excluding hydrogens is 244 g/mol. The molecule has 1 N–H and O–H groups in total. The van der Waals surface area contributed by atoms with E-state index in [-0.39, 0.29) is 6.61 Å². The molecule has 0 saturated carbocycles. The Balaban J connectivity index is 2.09. The summed E-state index contributed by atoms with van der Waals surface area (Å²) in [4.78, 5) is 8.05. The van der Waals surface area contributed by atoms with Gasteiger partial charge in [0.1, 0.15) is 12.9 Å². The Bertz CT molecular complexity index is 561. The van der Waals surface area contributed by atoms with Crippen LogP contribution >= 0.6 is 11.8 Å². The lowest BCUT2D eigenvalue weighted by Gasteiger charge is -2.03. The van der Waals surface area contributed by atoms with E-state index in [1.165, 1.54) is 0 Å². The number of rotatable bonds is 3. The highest BCUT2D eigenvalue weighted by molar-refractivity contribution is 7.98. The first kappa shape index (κ1) is 12.6. The minimum atomic E-state index is -0.118. The van der Waals surface area contributed by atoms with Gasteiger partial charge in [0.25, 0.3) is 0 Å². The zero-order chi connectivity index (χ0) is 12.6. The Kier molecular flexibility index (Phi) is 4.77. The predicted octanol–water partition coefficient (Wildman–Crippen LogP) is 2.11. The minimum absolute atomic E-state index is 0.118. The van der Waals surface area contributed by atoms with E-state index in [0.29, 0.717) is 0 Å². The monoisotopic (exact) mass is 256 g/mol. The van der Waals surface area contributed by atoms with Crippen LogP contribution in [0.5, 0.6) is 0 Å². The van der Waals surface area contributed by atoms with E-state index in [9.17, 15) is 0 Å². The van der Waals surface area contributed by atoms with Crippen LogP contribution in [0.25, 0.3) is 0 Å². The first-order valence-corrected chi connectivity index (χ1v) is 6.45. The van der Waals surface area contributed by atoms with Crippen LogP contribution in [-0.2, 0) is 5.75 Å². The van der Waals surface area contributed by atoms with Gasteiger partial charge >= 0.3 is 0 Å². The molecule has 0 fully saturated rings. The van der Waals surface area contributed by atoms with Crippen LogP contribution in [0.15, 0.2) is 47.9 Å². The topological polar surface area (TPSA) is 46.0 Å². The summed E-state index contributed by atoms with van der Waals surface area (Å²) in [5.41, 5.74) is 2.09. The fraction of sp³-hybridized carbons (Fsp3) is 0.143. The highest BCUT2D eigenvalue weighted by Crippen LogP contribution is 2.21. The van der Waals surface area contributed by atoms with Crippen LogP contribution in [0, 0.1) is 11.8 Å². The molecule has 0 saturated heterocycles. The summed E-state index contributed by atoms with van der Waals surface area (Å²) >= 11 is 1.64. The summed E-state index contributed by atoms with van der Waals surface area (Å²) in [5, 5.41) is 9.67. The highest BCUT2D eigenvalue weighted by Gasteiger charge is 2.01. The van der Waals surface area contributed by atoms with Gasteiger partial charge in [-0.2, -0.15) is 0 Å². The van der Waals surface area contributed by atoms with Crippen LogP contribution in [0.3, 0.4) is 0 Å². The van der Waals surface area contributed by atoms with Crippen molar-refractivity contribution in [3.8, 4) is 11.8 Å². The van der Waals surface area contributed by atoms with Gasteiger partial charge in [0.2, 0.25) is 0 Å². The molecule has 2 aromatic rings. The molecule has 0 unspecified atom stereocenters. The van der Waals surface area contributed by atoms with Crippen LogP contribution in [0.1, 0.15) is 11.1 Å². The van der Waals surface area contributed by atoms with E-state index >= 15 is 0 Å². The number of thioether (sulfide) groups is 1. The summed E-state index contributed by atoms with van der Waals surface area (Å²) in [5.74, 6) is 6.43. The zero-order valence-corrected chi connectivity index (χ0v) is 10.5. The average molecular weight is 256 g/mol. The molecule has 0 aliphatic rings. The Morgan fingerprint density at radius 2 is 2.11 bits per heavy atom. The lowest BCUT2D eigenvalue weighted by Crippen LogP contribution is -1.88. The zero-order valence-electron chi connectivity index (χ0n) is 9.71. The van der Waals surface area contributed by atoms with Gasteiger partial charge in [0.15, 0.2) is 0 Å². The lowest BCUT2D eigenvalue weighted by atomic mass is 10.1. The second-order valence-corrected chi connectivity index (χ2v) is 4.45. The molecule has 18 heavy (non-hydrogen) atoms. The Hall–Kier alpha value is -1.83. The minimum Gasteiger partial charge on any atom is -0.384 e. The maximum absolute atomic E-state index is 8.73. The Labute approximate surface area is 110 Å². The molecular formula is C14H12N2OS. The molecule has 3 nitrogen and oxygen atoms in total. The predicted molar refractivity (Wildman–Crippen MR) is 72.0 cm³/mol. The van der Waals surface area contributed by atoms with Crippen molar-refractivity contribution >= 4 is 11.8 Å². The van der Waals surface area contributed by atoms with E-state index in [1.807, 2.05) is 30.3 Å². The third kappa shape index (κ3) is 3.59. The summed E-state index contributed by atoms with van der Waals surface area (Å²) in [6.07, 6.45) is 3.27. The van der Waals surface area contributed by atoms with Crippen molar-refractivity contribution < 1.29 is 5.11 Å². The smallest absolute Gasteiger partial charge is 0.116 e. The number of hydrogen-bond donors (Lipinski definition) is 1. The van der Waals surface area contributed by atoms with Crippen LogP contribution in [0.4, 0.5) is 0 Å². The van der Waals surface area contributed by atoms with Gasteiger partial charge in [-0.3, -0.25) is 0 Å². The van der Waals surface area contributed by atoms with E-state index in [4.69, 9.17) is 5.11 Å². The molecule has 0 aliphatic heterocycles. The fourth-order valence-corrected chi connectivity index (χ4v) is 2.25. The van der Waals surface area contributed by atoms with Crippen LogP contribution in [-0.4, -0.2) is 21.7 Å². The normalized spacial score (nSPS) is 9.61. The molecule has 0 amide bonds. The molecule has 0 atom stereocenters. The maximum Gasteiger partial charge on any atom is 0.116 e. The first-order chi connectivity index (χ1) is 8.90. The van der Waals surface area contributed by atoms with Gasteiger partial charge in [-0.1, -0.05) is 30.0 Å². The van der Waals surface area contributed by atoms with Gasteiger partial charge in [0, 0.05) is 17.5 Å². The number of benzene rings is 1. The summed E-state index contributed by atoms with van der Waals surface area (Å²) in [6, 6.07) is 9.81. The second kappa shape index (κ2) is 6.80. The first-order valence-electron chi connectivity index (χ1n) is 5.46. The molecule has 0 radical (unpaired) electrons. The number of hydrogen-bond acceptors (Lipinski definition) is 4.